The van der Waals surface area contributed by atoms with Gasteiger partial charge in [0.05, 0.1) is 17.3 Å². The molecule has 0 spiro atoms. The molecule has 3 N–H and O–H groups in total. The minimum atomic E-state index is -0.502. The van der Waals surface area contributed by atoms with Gasteiger partial charge in [0.2, 0.25) is 0 Å². The first-order valence-corrected chi connectivity index (χ1v) is 3.36. The Hall–Kier alpha value is -1.91. The quantitative estimate of drug-likeness (QED) is 0.621. The summed E-state index contributed by atoms with van der Waals surface area (Å²) >= 11 is 0. The van der Waals surface area contributed by atoms with Gasteiger partial charge >= 0.3 is 0 Å². The van der Waals surface area contributed by atoms with Crippen LogP contribution in [0, 0.1) is 0 Å². The maximum absolute atomic E-state index is 10.8. The number of H-pyrrole nitrogens is 1. The monoisotopic (exact) mass is 162 g/mol. The molecule has 2 rings (SSSR count). The zero-order chi connectivity index (χ0) is 8.55. The fraction of sp³-hybridized carbons (Fsp3) is 0. The molecule has 0 unspecified atom stereocenters. The van der Waals surface area contributed by atoms with Crippen LogP contribution in [0.4, 0.5) is 0 Å². The molecule has 2 heterocycles. The summed E-state index contributed by atoms with van der Waals surface area (Å²) in [7, 11) is 0. The normalized spacial score (nSPS) is 10.3. The number of pyridine rings is 1. The second-order valence-electron chi connectivity index (χ2n) is 2.39. The first-order chi connectivity index (χ1) is 5.79. The van der Waals surface area contributed by atoms with Gasteiger partial charge in [-0.05, 0) is 0 Å². The van der Waals surface area contributed by atoms with E-state index in [2.05, 4.69) is 15.2 Å². The number of primary amides is 1. The standard InChI is InChI=1S/C7H6N4O/c8-7(12)5-3-9-1-4-2-10-11-6(4)5/h1-3H,(H2,8,12)(H,10,11). The first kappa shape index (κ1) is 6.78. The van der Waals surface area contributed by atoms with Crippen molar-refractivity contribution in [1.29, 1.82) is 0 Å². The summed E-state index contributed by atoms with van der Waals surface area (Å²) in [5.74, 6) is -0.502. The molecule has 0 aliphatic heterocycles. The largest absolute Gasteiger partial charge is 0.365 e. The topological polar surface area (TPSA) is 84.7 Å². The number of carbonyl (C=O) groups excluding carboxylic acids is 1. The molecule has 2 aromatic heterocycles. The second-order valence-corrected chi connectivity index (χ2v) is 2.39. The van der Waals surface area contributed by atoms with E-state index < -0.39 is 5.91 Å². The van der Waals surface area contributed by atoms with E-state index in [1.165, 1.54) is 6.20 Å². The van der Waals surface area contributed by atoms with Crippen molar-refractivity contribution in [1.82, 2.24) is 15.2 Å². The average molecular weight is 162 g/mol. The van der Waals surface area contributed by atoms with Gasteiger partial charge in [-0.15, -0.1) is 0 Å². The van der Waals surface area contributed by atoms with E-state index in [-0.39, 0.29) is 0 Å². The summed E-state index contributed by atoms with van der Waals surface area (Å²) in [5.41, 5.74) is 6.11. The molecule has 1 amide bonds. The summed E-state index contributed by atoms with van der Waals surface area (Å²) in [6.07, 6.45) is 4.63. The lowest BCUT2D eigenvalue weighted by atomic mass is 10.2. The molecule has 0 aliphatic carbocycles. The summed E-state index contributed by atoms with van der Waals surface area (Å²) in [5, 5.41) is 7.23. The van der Waals surface area contributed by atoms with E-state index in [4.69, 9.17) is 5.73 Å². The predicted octanol–water partition coefficient (Wildman–Crippen LogP) is 0.0568. The number of rotatable bonds is 1. The zero-order valence-electron chi connectivity index (χ0n) is 6.11. The second kappa shape index (κ2) is 2.30. The van der Waals surface area contributed by atoms with E-state index in [9.17, 15) is 4.79 Å². The molecule has 0 aromatic carbocycles. The van der Waals surface area contributed by atoms with Crippen LogP contribution in [0.15, 0.2) is 18.6 Å². The number of carbonyl (C=O) groups is 1. The van der Waals surface area contributed by atoms with Crippen molar-refractivity contribution < 1.29 is 4.79 Å². The van der Waals surface area contributed by atoms with Crippen LogP contribution in [0.3, 0.4) is 0 Å². The number of nitrogens with two attached hydrogens (primary N) is 1. The van der Waals surface area contributed by atoms with Gasteiger partial charge in [0.25, 0.3) is 5.91 Å². The van der Waals surface area contributed by atoms with E-state index in [0.29, 0.717) is 11.1 Å². The number of nitrogens with zero attached hydrogens (tertiary/aromatic N) is 2. The summed E-state index contributed by atoms with van der Waals surface area (Å²) < 4.78 is 0. The van der Waals surface area contributed by atoms with Gasteiger partial charge in [0.1, 0.15) is 0 Å². The van der Waals surface area contributed by atoms with Crippen LogP contribution in [-0.4, -0.2) is 21.1 Å². The van der Waals surface area contributed by atoms with Gasteiger partial charge in [0.15, 0.2) is 0 Å². The van der Waals surface area contributed by atoms with E-state index in [1.54, 1.807) is 12.4 Å². The Labute approximate surface area is 67.6 Å². The molecule has 0 aliphatic rings. The molecule has 60 valence electrons. The lowest BCUT2D eigenvalue weighted by Gasteiger charge is -1.94. The van der Waals surface area contributed by atoms with Crippen LogP contribution in [0.5, 0.6) is 0 Å². The smallest absolute Gasteiger partial charge is 0.252 e. The van der Waals surface area contributed by atoms with E-state index in [1.807, 2.05) is 0 Å². The minimum Gasteiger partial charge on any atom is -0.365 e. The Kier molecular flexibility index (Phi) is 1.30. The maximum atomic E-state index is 10.8. The third-order valence-corrected chi connectivity index (χ3v) is 1.62. The Morgan fingerprint density at radius 3 is 3.00 bits per heavy atom. The highest BCUT2D eigenvalue weighted by Gasteiger charge is 2.07. The molecule has 0 atom stereocenters. The highest BCUT2D eigenvalue weighted by atomic mass is 16.1. The predicted molar refractivity (Wildman–Crippen MR) is 42.4 cm³/mol. The molecule has 2 aromatic rings. The van der Waals surface area contributed by atoms with Gasteiger partial charge < -0.3 is 5.73 Å². The van der Waals surface area contributed by atoms with Crippen LogP contribution in [-0.2, 0) is 0 Å². The van der Waals surface area contributed by atoms with Crippen LogP contribution < -0.4 is 5.73 Å². The first-order valence-electron chi connectivity index (χ1n) is 3.36. The van der Waals surface area contributed by atoms with Gasteiger partial charge in [0, 0.05) is 17.8 Å². The maximum Gasteiger partial charge on any atom is 0.252 e. The number of nitrogens with one attached hydrogen (secondary N) is 1. The lowest BCUT2D eigenvalue weighted by Crippen LogP contribution is -2.11. The minimum absolute atomic E-state index is 0.366. The van der Waals surface area contributed by atoms with Crippen molar-refractivity contribution in [2.24, 2.45) is 5.73 Å². The molecule has 0 bridgehead atoms. The number of aromatic amines is 1. The SMILES string of the molecule is NC(=O)c1cncc2cn[nH]c12. The van der Waals surface area contributed by atoms with Gasteiger partial charge in [-0.25, -0.2) is 0 Å². The Balaban J connectivity index is 2.82. The van der Waals surface area contributed by atoms with Gasteiger partial charge in [-0.2, -0.15) is 5.10 Å². The highest BCUT2D eigenvalue weighted by Crippen LogP contribution is 2.12. The molecular formula is C7H6N4O. The summed E-state index contributed by atoms with van der Waals surface area (Å²) in [4.78, 5) is 14.7. The van der Waals surface area contributed by atoms with E-state index in [0.717, 1.165) is 5.39 Å². The van der Waals surface area contributed by atoms with Crippen molar-refractivity contribution in [2.45, 2.75) is 0 Å². The van der Waals surface area contributed by atoms with Crippen LogP contribution in [0.2, 0.25) is 0 Å². The van der Waals surface area contributed by atoms with Crippen LogP contribution in [0.1, 0.15) is 10.4 Å². The Morgan fingerprint density at radius 1 is 1.42 bits per heavy atom. The average Bonchev–Trinajstić information content (AvgIpc) is 2.49. The van der Waals surface area contributed by atoms with Crippen molar-refractivity contribution in [3.05, 3.63) is 24.2 Å². The highest BCUT2D eigenvalue weighted by molar-refractivity contribution is 6.03. The number of aromatic nitrogens is 3. The third kappa shape index (κ3) is 0.833. The zero-order valence-corrected chi connectivity index (χ0v) is 6.11. The van der Waals surface area contributed by atoms with Crippen LogP contribution >= 0.6 is 0 Å². The number of fused-ring (bicyclic) bond motifs is 1. The van der Waals surface area contributed by atoms with Crippen molar-refractivity contribution in [3.63, 3.8) is 0 Å². The van der Waals surface area contributed by atoms with Gasteiger partial charge in [-0.1, -0.05) is 0 Å². The molecule has 0 saturated carbocycles. The van der Waals surface area contributed by atoms with Crippen molar-refractivity contribution in [2.75, 3.05) is 0 Å². The van der Waals surface area contributed by atoms with Crippen molar-refractivity contribution in [3.8, 4) is 0 Å². The van der Waals surface area contributed by atoms with E-state index >= 15 is 0 Å². The molecule has 0 saturated heterocycles. The summed E-state index contributed by atoms with van der Waals surface area (Å²) in [6.45, 7) is 0. The molecule has 0 fully saturated rings. The molecule has 12 heavy (non-hydrogen) atoms. The molecule has 5 heteroatoms. The fourth-order valence-corrected chi connectivity index (χ4v) is 1.05. The number of hydrogen-bond donors (Lipinski definition) is 2. The lowest BCUT2D eigenvalue weighted by molar-refractivity contribution is 0.100. The van der Waals surface area contributed by atoms with Crippen LogP contribution in [0.25, 0.3) is 10.9 Å². The fourth-order valence-electron chi connectivity index (χ4n) is 1.05. The molecule has 0 radical (unpaired) electrons. The van der Waals surface area contributed by atoms with Gasteiger partial charge in [-0.3, -0.25) is 14.9 Å². The third-order valence-electron chi connectivity index (χ3n) is 1.62. The number of amides is 1. The van der Waals surface area contributed by atoms with Crippen molar-refractivity contribution >= 4 is 16.8 Å². The summed E-state index contributed by atoms with van der Waals surface area (Å²) in [6, 6.07) is 0. The Morgan fingerprint density at radius 2 is 2.25 bits per heavy atom. The molecular weight excluding hydrogens is 156 g/mol. The Bertz CT molecular complexity index is 434. The molecule has 5 nitrogen and oxygen atoms in total. The number of hydrogen-bond acceptors (Lipinski definition) is 3.